The highest BCUT2D eigenvalue weighted by molar-refractivity contribution is 6.29. The van der Waals surface area contributed by atoms with Crippen molar-refractivity contribution in [2.75, 3.05) is 6.61 Å². The molecule has 1 aromatic heterocycles. The van der Waals surface area contributed by atoms with Crippen molar-refractivity contribution in [3.8, 4) is 0 Å². The number of pyridine rings is 1. The van der Waals surface area contributed by atoms with Gasteiger partial charge in [0.15, 0.2) is 0 Å². The molecule has 0 atom stereocenters. The topological polar surface area (TPSA) is 39.2 Å². The van der Waals surface area contributed by atoms with Crippen LogP contribution in [0.2, 0.25) is 5.15 Å². The predicted molar refractivity (Wildman–Crippen MR) is 77.6 cm³/mol. The van der Waals surface area contributed by atoms with Crippen LogP contribution in [0.15, 0.2) is 12.1 Å². The van der Waals surface area contributed by atoms with Gasteiger partial charge in [0.2, 0.25) is 0 Å². The van der Waals surface area contributed by atoms with Crippen LogP contribution in [0.1, 0.15) is 56.1 Å². The van der Waals surface area contributed by atoms with Crippen LogP contribution in [0.4, 0.5) is 0 Å². The highest BCUT2D eigenvalue weighted by Crippen LogP contribution is 2.14. The molecule has 0 unspecified atom stereocenters. The molecule has 0 aliphatic heterocycles. The van der Waals surface area contributed by atoms with Crippen molar-refractivity contribution in [1.82, 2.24) is 4.98 Å². The van der Waals surface area contributed by atoms with Crippen LogP contribution in [-0.2, 0) is 11.2 Å². The number of hydrogen-bond acceptors (Lipinski definition) is 3. The van der Waals surface area contributed by atoms with Crippen LogP contribution in [-0.4, -0.2) is 17.6 Å². The molecule has 1 rings (SSSR count). The number of carbonyl (C=O) groups excluding carboxylic acids is 1. The summed E-state index contributed by atoms with van der Waals surface area (Å²) >= 11 is 5.91. The third-order valence-corrected chi connectivity index (χ3v) is 2.94. The maximum Gasteiger partial charge on any atom is 0.338 e. The van der Waals surface area contributed by atoms with E-state index in [-0.39, 0.29) is 5.97 Å². The summed E-state index contributed by atoms with van der Waals surface area (Å²) in [4.78, 5) is 16.1. The summed E-state index contributed by atoms with van der Waals surface area (Å²) < 4.78 is 5.24. The van der Waals surface area contributed by atoms with Gasteiger partial charge in [-0.05, 0) is 37.3 Å². The molecular weight excluding hydrogens is 262 g/mol. The average molecular weight is 284 g/mol. The molecule has 1 aromatic rings. The molecule has 0 saturated carbocycles. The molecular formula is C15H22ClNO2. The van der Waals surface area contributed by atoms with Crippen LogP contribution >= 0.6 is 11.6 Å². The van der Waals surface area contributed by atoms with Gasteiger partial charge in [-0.15, -0.1) is 0 Å². The van der Waals surface area contributed by atoms with E-state index < -0.39 is 0 Å². The largest absolute Gasteiger partial charge is 0.462 e. The number of hydrogen-bond donors (Lipinski definition) is 0. The van der Waals surface area contributed by atoms with Crippen molar-refractivity contribution in [2.45, 2.75) is 46.5 Å². The Bertz CT molecular complexity index is 419. The Hall–Kier alpha value is -1.09. The lowest BCUT2D eigenvalue weighted by Gasteiger charge is -2.08. The Kier molecular flexibility index (Phi) is 6.85. The molecule has 106 valence electrons. The molecule has 0 bridgehead atoms. The lowest BCUT2D eigenvalue weighted by molar-refractivity contribution is 0.0494. The molecule has 0 aliphatic rings. The number of aromatic nitrogens is 1. The second kappa shape index (κ2) is 8.16. The Labute approximate surface area is 120 Å². The van der Waals surface area contributed by atoms with E-state index in [0.717, 1.165) is 31.4 Å². The van der Waals surface area contributed by atoms with E-state index in [1.54, 1.807) is 12.1 Å². The number of halogens is 1. The number of ether oxygens (including phenoxy) is 1. The SMILES string of the molecule is CCCc1cc(C(=O)OCCCC(C)C)cc(Cl)n1. The first kappa shape index (κ1) is 16.0. The number of aryl methyl sites for hydroxylation is 1. The maximum absolute atomic E-state index is 11.9. The zero-order chi connectivity index (χ0) is 14.3. The second-order valence-corrected chi connectivity index (χ2v) is 5.48. The predicted octanol–water partition coefficient (Wildman–Crippen LogP) is 4.28. The normalized spacial score (nSPS) is 10.8. The summed E-state index contributed by atoms with van der Waals surface area (Å²) in [5.41, 5.74) is 1.33. The van der Waals surface area contributed by atoms with Gasteiger partial charge in [-0.2, -0.15) is 0 Å². The van der Waals surface area contributed by atoms with E-state index in [1.165, 1.54) is 0 Å². The summed E-state index contributed by atoms with van der Waals surface area (Å²) in [6, 6.07) is 3.33. The number of carbonyl (C=O) groups is 1. The first-order valence-corrected chi connectivity index (χ1v) is 7.24. The number of rotatable bonds is 7. The molecule has 1 heterocycles. The number of nitrogens with zero attached hydrogens (tertiary/aromatic N) is 1. The maximum atomic E-state index is 11.9. The molecule has 0 spiro atoms. The van der Waals surface area contributed by atoms with Gasteiger partial charge in [0.05, 0.1) is 12.2 Å². The molecule has 0 amide bonds. The van der Waals surface area contributed by atoms with Crippen molar-refractivity contribution < 1.29 is 9.53 Å². The van der Waals surface area contributed by atoms with Crippen LogP contribution in [0.5, 0.6) is 0 Å². The molecule has 4 heteroatoms. The zero-order valence-electron chi connectivity index (χ0n) is 11.9. The monoisotopic (exact) mass is 283 g/mol. The van der Waals surface area contributed by atoms with E-state index in [4.69, 9.17) is 16.3 Å². The van der Waals surface area contributed by atoms with E-state index in [0.29, 0.717) is 23.2 Å². The summed E-state index contributed by atoms with van der Waals surface area (Å²) in [5.74, 6) is 0.315. The van der Waals surface area contributed by atoms with Crippen molar-refractivity contribution >= 4 is 17.6 Å². The fourth-order valence-corrected chi connectivity index (χ4v) is 2.02. The van der Waals surface area contributed by atoms with E-state index >= 15 is 0 Å². The van der Waals surface area contributed by atoms with E-state index in [2.05, 4.69) is 25.8 Å². The minimum Gasteiger partial charge on any atom is -0.462 e. The van der Waals surface area contributed by atoms with Gasteiger partial charge < -0.3 is 4.74 Å². The summed E-state index contributed by atoms with van der Waals surface area (Å²) in [5, 5.41) is 0.347. The Morgan fingerprint density at radius 2 is 2.16 bits per heavy atom. The first-order valence-electron chi connectivity index (χ1n) is 6.86. The molecule has 0 aromatic carbocycles. The summed E-state index contributed by atoms with van der Waals surface area (Å²) in [6.45, 7) is 6.83. The van der Waals surface area contributed by atoms with Crippen molar-refractivity contribution in [2.24, 2.45) is 5.92 Å². The molecule has 0 N–H and O–H groups in total. The highest BCUT2D eigenvalue weighted by Gasteiger charge is 2.10. The smallest absolute Gasteiger partial charge is 0.338 e. The quantitative estimate of drug-likeness (QED) is 0.426. The molecule has 0 radical (unpaired) electrons. The van der Waals surface area contributed by atoms with Crippen LogP contribution in [0, 0.1) is 5.92 Å². The third kappa shape index (κ3) is 6.06. The van der Waals surface area contributed by atoms with E-state index in [1.807, 2.05) is 0 Å². The molecule has 3 nitrogen and oxygen atoms in total. The lowest BCUT2D eigenvalue weighted by atomic mass is 10.1. The summed E-state index contributed by atoms with van der Waals surface area (Å²) in [6.07, 6.45) is 3.74. The molecule has 0 saturated heterocycles. The standard InChI is InChI=1S/C15H22ClNO2/c1-4-6-13-9-12(10-14(16)17-13)15(18)19-8-5-7-11(2)3/h9-11H,4-8H2,1-3H3. The van der Waals surface area contributed by atoms with Gasteiger partial charge in [0, 0.05) is 5.69 Å². The molecule has 0 fully saturated rings. The van der Waals surface area contributed by atoms with Gasteiger partial charge in [0.1, 0.15) is 5.15 Å². The van der Waals surface area contributed by atoms with Crippen LogP contribution < -0.4 is 0 Å². The summed E-state index contributed by atoms with van der Waals surface area (Å²) in [7, 11) is 0. The van der Waals surface area contributed by atoms with Gasteiger partial charge in [-0.1, -0.05) is 38.8 Å². The zero-order valence-corrected chi connectivity index (χ0v) is 12.7. The Balaban J connectivity index is 2.56. The van der Waals surface area contributed by atoms with E-state index in [9.17, 15) is 4.79 Å². The Morgan fingerprint density at radius 3 is 2.79 bits per heavy atom. The Morgan fingerprint density at radius 1 is 1.42 bits per heavy atom. The van der Waals surface area contributed by atoms with Crippen molar-refractivity contribution in [3.63, 3.8) is 0 Å². The van der Waals surface area contributed by atoms with Crippen LogP contribution in [0.3, 0.4) is 0 Å². The molecule has 0 aliphatic carbocycles. The van der Waals surface area contributed by atoms with Crippen LogP contribution in [0.25, 0.3) is 0 Å². The van der Waals surface area contributed by atoms with Gasteiger partial charge in [-0.25, -0.2) is 9.78 Å². The fraction of sp³-hybridized carbons (Fsp3) is 0.600. The fourth-order valence-electron chi connectivity index (χ4n) is 1.79. The van der Waals surface area contributed by atoms with Gasteiger partial charge >= 0.3 is 5.97 Å². The number of esters is 1. The van der Waals surface area contributed by atoms with Crippen molar-refractivity contribution in [1.29, 1.82) is 0 Å². The first-order chi connectivity index (χ1) is 9.02. The van der Waals surface area contributed by atoms with Gasteiger partial charge in [-0.3, -0.25) is 0 Å². The highest BCUT2D eigenvalue weighted by atomic mass is 35.5. The van der Waals surface area contributed by atoms with Gasteiger partial charge in [0.25, 0.3) is 0 Å². The second-order valence-electron chi connectivity index (χ2n) is 5.09. The van der Waals surface area contributed by atoms with Crippen molar-refractivity contribution in [3.05, 3.63) is 28.5 Å². The third-order valence-electron chi connectivity index (χ3n) is 2.75. The lowest BCUT2D eigenvalue weighted by Crippen LogP contribution is -2.08. The minimum absolute atomic E-state index is 0.314. The molecule has 19 heavy (non-hydrogen) atoms. The minimum atomic E-state index is -0.314. The average Bonchev–Trinajstić information content (AvgIpc) is 2.34.